The van der Waals surface area contributed by atoms with Gasteiger partial charge in [0.05, 0.1) is 15.6 Å². The third kappa shape index (κ3) is 3.48. The first kappa shape index (κ1) is 16.4. The molecule has 102 valence electrons. The van der Waals surface area contributed by atoms with Crippen molar-refractivity contribution in [2.45, 2.75) is 5.53 Å². The number of benzene rings is 1. The summed E-state index contributed by atoms with van der Waals surface area (Å²) in [5.74, 6) is 0. The molecular formula is C7H7Cl3O6P2. The molecule has 0 heterocycles. The number of hydrogen-bond donors (Lipinski definition) is 3. The molecule has 0 spiro atoms. The van der Waals surface area contributed by atoms with E-state index in [9.17, 15) is 14.2 Å². The lowest BCUT2D eigenvalue weighted by Crippen LogP contribution is -2.23. The molecule has 0 saturated heterocycles. The molecule has 18 heavy (non-hydrogen) atoms. The van der Waals surface area contributed by atoms with Crippen LogP contribution in [0.25, 0.3) is 0 Å². The minimum atomic E-state index is -3.84. The molecule has 0 aliphatic carbocycles. The second-order valence-electron chi connectivity index (χ2n) is 3.06. The fraction of sp³-hybridized carbons (Fsp3) is 0.143. The second kappa shape index (κ2) is 6.23. The van der Waals surface area contributed by atoms with Crippen LogP contribution in [0.4, 0.5) is 0 Å². The molecule has 1 aromatic carbocycles. The lowest BCUT2D eigenvalue weighted by molar-refractivity contribution is -0.0739. The third-order valence-corrected chi connectivity index (χ3v) is 4.29. The summed E-state index contributed by atoms with van der Waals surface area (Å²) in [6, 6.07) is 2.27. The maximum Gasteiger partial charge on any atom is 0.319 e. The number of halogens is 3. The topological polar surface area (TPSA) is 104 Å². The highest BCUT2D eigenvalue weighted by atomic mass is 35.5. The normalized spacial score (nSPS) is 18.1. The van der Waals surface area contributed by atoms with Gasteiger partial charge >= 0.3 is 8.25 Å². The van der Waals surface area contributed by atoms with Crippen LogP contribution >= 0.6 is 51.1 Å². The van der Waals surface area contributed by atoms with Gasteiger partial charge in [-0.05, 0) is 12.1 Å². The molecule has 0 fully saturated rings. The van der Waals surface area contributed by atoms with Crippen molar-refractivity contribution in [1.82, 2.24) is 0 Å². The van der Waals surface area contributed by atoms with Gasteiger partial charge in [-0.3, -0.25) is 13.7 Å². The van der Waals surface area contributed by atoms with E-state index in [4.69, 9.17) is 44.6 Å². The van der Waals surface area contributed by atoms with Gasteiger partial charge < -0.3 is 14.9 Å². The van der Waals surface area contributed by atoms with Gasteiger partial charge in [-0.15, -0.1) is 0 Å². The first-order valence-electron chi connectivity index (χ1n) is 4.21. The Morgan fingerprint density at radius 3 is 1.89 bits per heavy atom. The molecule has 6 nitrogen and oxygen atoms in total. The minimum Gasteiger partial charge on any atom is -0.354 e. The molecule has 11 heteroatoms. The van der Waals surface area contributed by atoms with E-state index in [-0.39, 0.29) is 15.1 Å². The predicted octanol–water partition coefficient (Wildman–Crippen LogP) is 2.62. The van der Waals surface area contributed by atoms with E-state index in [0.29, 0.717) is 0 Å². The molecule has 3 unspecified atom stereocenters. The maximum absolute atomic E-state index is 11.2. The average molecular weight is 355 g/mol. The van der Waals surface area contributed by atoms with Crippen molar-refractivity contribution in [2.75, 3.05) is 0 Å². The zero-order valence-corrected chi connectivity index (χ0v) is 12.6. The van der Waals surface area contributed by atoms with E-state index in [1.807, 2.05) is 0 Å². The zero-order valence-electron chi connectivity index (χ0n) is 8.35. The van der Waals surface area contributed by atoms with E-state index in [2.05, 4.69) is 4.52 Å². The SMILES string of the molecule is O=[PH](O)OC(O)(c1c(Cl)cc(Cl)cc1Cl)[PH](=O)O. The summed E-state index contributed by atoms with van der Waals surface area (Å²) < 4.78 is 26.0. The number of rotatable bonds is 4. The molecule has 0 aliphatic heterocycles. The van der Waals surface area contributed by atoms with E-state index >= 15 is 0 Å². The van der Waals surface area contributed by atoms with Gasteiger partial charge in [0.1, 0.15) is 0 Å². The molecule has 0 aromatic heterocycles. The summed E-state index contributed by atoms with van der Waals surface area (Å²) in [5.41, 5.74) is -3.44. The van der Waals surface area contributed by atoms with Crippen LogP contribution in [0.3, 0.4) is 0 Å². The highest BCUT2D eigenvalue weighted by molar-refractivity contribution is 7.40. The average Bonchev–Trinajstić information content (AvgIpc) is 2.13. The van der Waals surface area contributed by atoms with Gasteiger partial charge in [0, 0.05) is 5.02 Å². The quantitative estimate of drug-likeness (QED) is 0.566. The summed E-state index contributed by atoms with van der Waals surface area (Å²) in [5, 5.41) is 9.47. The van der Waals surface area contributed by atoms with Gasteiger partial charge in [0.15, 0.2) is 0 Å². The first-order chi connectivity index (χ1) is 8.18. The summed E-state index contributed by atoms with van der Waals surface area (Å²) in [6.07, 6.45) is 0. The van der Waals surface area contributed by atoms with Crippen molar-refractivity contribution in [2.24, 2.45) is 0 Å². The van der Waals surface area contributed by atoms with Crippen LogP contribution in [0.15, 0.2) is 12.1 Å². The molecule has 3 atom stereocenters. The number of aliphatic hydroxyl groups is 1. The van der Waals surface area contributed by atoms with E-state index in [1.165, 1.54) is 0 Å². The Hall–Kier alpha value is 0.390. The van der Waals surface area contributed by atoms with Crippen LogP contribution in [-0.2, 0) is 19.2 Å². The maximum atomic E-state index is 11.2. The monoisotopic (exact) mass is 354 g/mol. The Labute approximate surface area is 118 Å². The summed E-state index contributed by atoms with van der Waals surface area (Å²) >= 11 is 17.1. The van der Waals surface area contributed by atoms with Gasteiger partial charge in [-0.2, -0.15) is 0 Å². The third-order valence-electron chi connectivity index (χ3n) is 1.87. The predicted molar refractivity (Wildman–Crippen MR) is 68.9 cm³/mol. The Morgan fingerprint density at radius 2 is 1.56 bits per heavy atom. The van der Waals surface area contributed by atoms with Gasteiger partial charge in [0.25, 0.3) is 13.6 Å². The molecule has 0 saturated carbocycles. The van der Waals surface area contributed by atoms with Gasteiger partial charge in [-0.1, -0.05) is 34.8 Å². The van der Waals surface area contributed by atoms with Crippen LogP contribution in [0.1, 0.15) is 5.56 Å². The van der Waals surface area contributed by atoms with Crippen LogP contribution in [0.2, 0.25) is 15.1 Å². The number of hydrogen-bond acceptors (Lipinski definition) is 4. The van der Waals surface area contributed by atoms with Crippen LogP contribution in [-0.4, -0.2) is 14.9 Å². The van der Waals surface area contributed by atoms with Crippen molar-refractivity contribution in [3.05, 3.63) is 32.8 Å². The molecule has 0 amide bonds. The zero-order chi connectivity index (χ0) is 14.1. The molecule has 0 radical (unpaired) electrons. The summed E-state index contributed by atoms with van der Waals surface area (Å²) in [7, 11) is -7.55. The van der Waals surface area contributed by atoms with E-state index in [0.717, 1.165) is 12.1 Å². The molecular weight excluding hydrogens is 348 g/mol. The Bertz CT molecular complexity index is 501. The van der Waals surface area contributed by atoms with E-state index < -0.39 is 27.4 Å². The molecule has 0 bridgehead atoms. The smallest absolute Gasteiger partial charge is 0.319 e. The van der Waals surface area contributed by atoms with Crippen molar-refractivity contribution >= 4 is 51.1 Å². The molecule has 3 N–H and O–H groups in total. The highest BCUT2D eigenvalue weighted by Gasteiger charge is 2.42. The second-order valence-corrected chi connectivity index (χ2v) is 6.34. The first-order valence-corrected chi connectivity index (χ1v) is 7.96. The van der Waals surface area contributed by atoms with Crippen molar-refractivity contribution < 1.29 is 28.5 Å². The fourth-order valence-electron chi connectivity index (χ4n) is 1.19. The standard InChI is InChI=1S/C7H7Cl3O6P2/c8-3-1-4(9)6(5(10)2-3)7(11,17(12)13)16-18(14)15/h1-2,11,17-18H,(H,12,13)(H,14,15). The van der Waals surface area contributed by atoms with E-state index in [1.54, 1.807) is 0 Å². The van der Waals surface area contributed by atoms with Crippen molar-refractivity contribution in [3.8, 4) is 0 Å². The fourth-order valence-corrected chi connectivity index (χ4v) is 3.87. The Kier molecular flexibility index (Phi) is 5.69. The largest absolute Gasteiger partial charge is 0.354 e. The minimum absolute atomic E-state index is 0.116. The lowest BCUT2D eigenvalue weighted by Gasteiger charge is -2.25. The Balaban J connectivity index is 3.48. The summed E-state index contributed by atoms with van der Waals surface area (Å²) in [4.78, 5) is 17.7. The van der Waals surface area contributed by atoms with Gasteiger partial charge in [0.2, 0.25) is 0 Å². The van der Waals surface area contributed by atoms with Crippen LogP contribution < -0.4 is 0 Å². The Morgan fingerprint density at radius 1 is 1.11 bits per heavy atom. The summed E-state index contributed by atoms with van der Waals surface area (Å²) in [6.45, 7) is 0. The highest BCUT2D eigenvalue weighted by Crippen LogP contribution is 2.52. The molecule has 1 rings (SSSR count). The lowest BCUT2D eigenvalue weighted by atomic mass is 10.2. The van der Waals surface area contributed by atoms with Gasteiger partial charge in [-0.25, -0.2) is 0 Å². The van der Waals surface area contributed by atoms with Crippen molar-refractivity contribution in [1.29, 1.82) is 0 Å². The van der Waals surface area contributed by atoms with Crippen LogP contribution in [0, 0.1) is 0 Å². The van der Waals surface area contributed by atoms with Crippen LogP contribution in [0.5, 0.6) is 0 Å². The molecule has 0 aliphatic rings. The van der Waals surface area contributed by atoms with Crippen molar-refractivity contribution in [3.63, 3.8) is 0 Å². The molecule has 1 aromatic rings.